The summed E-state index contributed by atoms with van der Waals surface area (Å²) in [4.78, 5) is 46.0. The zero-order valence-electron chi connectivity index (χ0n) is 24.6. The largest absolute Gasteiger partial charge is 0.488 e. The molecule has 2 heterocycles. The number of likely N-dealkylation sites (tertiary alicyclic amines) is 1. The second-order valence-corrected chi connectivity index (χ2v) is 12.4. The van der Waals surface area contributed by atoms with Gasteiger partial charge in [-0.1, -0.05) is 37.9 Å². The highest BCUT2D eigenvalue weighted by Crippen LogP contribution is 2.63. The zero-order valence-corrected chi connectivity index (χ0v) is 25.4. The van der Waals surface area contributed by atoms with E-state index in [1.807, 2.05) is 6.92 Å². The molecule has 0 N–H and O–H groups in total. The fourth-order valence-electron chi connectivity index (χ4n) is 6.76. The lowest BCUT2D eigenvalue weighted by molar-refractivity contribution is -0.205. The quantitative estimate of drug-likeness (QED) is 0.276. The maximum Gasteiger partial charge on any atom is 0.395 e. The fourth-order valence-corrected chi connectivity index (χ4v) is 6.98. The molecule has 0 spiro atoms. The average Bonchev–Trinajstić information content (AvgIpc) is 3.88. The van der Waals surface area contributed by atoms with Gasteiger partial charge in [0.05, 0.1) is 47.7 Å². The Labute approximate surface area is 253 Å². The monoisotopic (exact) mass is 624 g/mol. The number of benzene rings is 1. The predicted octanol–water partition coefficient (Wildman–Crippen LogP) is 6.16. The van der Waals surface area contributed by atoms with E-state index in [0.717, 1.165) is 0 Å². The third-order valence-electron chi connectivity index (χ3n) is 9.59. The van der Waals surface area contributed by atoms with E-state index < -0.39 is 46.9 Å². The molecule has 234 valence electrons. The summed E-state index contributed by atoms with van der Waals surface area (Å²) in [5, 5.41) is 0.957. The molecule has 3 fully saturated rings. The number of para-hydroxylation sites is 1. The molecule has 1 aromatic heterocycles. The van der Waals surface area contributed by atoms with Gasteiger partial charge in [0.1, 0.15) is 11.9 Å². The van der Waals surface area contributed by atoms with Crippen molar-refractivity contribution in [3.8, 4) is 11.6 Å². The van der Waals surface area contributed by atoms with Gasteiger partial charge in [-0.25, -0.2) is 4.98 Å². The number of methoxy groups -OCH3 is 1. The summed E-state index contributed by atoms with van der Waals surface area (Å²) < 4.78 is 58.9. The van der Waals surface area contributed by atoms with Crippen molar-refractivity contribution >= 4 is 40.2 Å². The van der Waals surface area contributed by atoms with Crippen LogP contribution in [0.3, 0.4) is 0 Å². The van der Waals surface area contributed by atoms with Gasteiger partial charge in [0.2, 0.25) is 11.8 Å². The van der Waals surface area contributed by atoms with Crippen molar-refractivity contribution in [2.45, 2.75) is 77.6 Å². The van der Waals surface area contributed by atoms with Crippen LogP contribution in [0.2, 0.25) is 5.02 Å². The van der Waals surface area contributed by atoms with E-state index in [2.05, 4.69) is 4.98 Å². The number of fused-ring (bicyclic) bond motifs is 1. The van der Waals surface area contributed by atoms with Gasteiger partial charge in [-0.15, -0.1) is 0 Å². The summed E-state index contributed by atoms with van der Waals surface area (Å²) in [6, 6.07) is 5.72. The van der Waals surface area contributed by atoms with Crippen molar-refractivity contribution in [2.75, 3.05) is 20.3 Å². The van der Waals surface area contributed by atoms with Crippen LogP contribution in [0.25, 0.3) is 10.9 Å². The van der Waals surface area contributed by atoms with Crippen LogP contribution in [-0.4, -0.2) is 66.1 Å². The number of ketones is 1. The molecule has 43 heavy (non-hydrogen) atoms. The first kappa shape index (κ1) is 31.3. The van der Waals surface area contributed by atoms with Crippen LogP contribution in [0, 0.1) is 22.7 Å². The Morgan fingerprint density at radius 2 is 1.93 bits per heavy atom. The number of halogens is 4. The number of nitrogens with zero attached hydrogens (tertiary/aromatic N) is 2. The van der Waals surface area contributed by atoms with Crippen LogP contribution in [0.4, 0.5) is 13.2 Å². The first-order chi connectivity index (χ1) is 20.3. The molecule has 1 aliphatic heterocycles. The lowest BCUT2D eigenvalue weighted by atomic mass is 9.87. The third-order valence-corrected chi connectivity index (χ3v) is 9.90. The van der Waals surface area contributed by atoms with E-state index in [-0.39, 0.29) is 49.8 Å². The number of esters is 1. The molecule has 12 heteroatoms. The molecule has 3 aliphatic rings. The van der Waals surface area contributed by atoms with Crippen LogP contribution in [0.15, 0.2) is 24.3 Å². The van der Waals surface area contributed by atoms with Crippen LogP contribution >= 0.6 is 11.6 Å². The van der Waals surface area contributed by atoms with Crippen LogP contribution < -0.4 is 9.47 Å². The smallest absolute Gasteiger partial charge is 0.395 e. The number of carbonyl (C=O) groups excluding carboxylic acids is 3. The molecule has 2 aromatic rings. The maximum absolute atomic E-state index is 14.0. The highest BCUT2D eigenvalue weighted by molar-refractivity contribution is 6.35. The van der Waals surface area contributed by atoms with Crippen molar-refractivity contribution in [2.24, 2.45) is 22.7 Å². The summed E-state index contributed by atoms with van der Waals surface area (Å²) in [5.41, 5.74) is -2.64. The number of Topliss-reactive ketones (excluding diaryl/α,β-unsaturated/α-hetero) is 1. The van der Waals surface area contributed by atoms with E-state index in [0.29, 0.717) is 41.1 Å². The first-order valence-electron chi connectivity index (χ1n) is 14.7. The van der Waals surface area contributed by atoms with Crippen LogP contribution in [0.5, 0.6) is 11.6 Å². The number of ether oxygens (including phenoxy) is 3. The number of carbonyl (C=O) groups is 3. The maximum atomic E-state index is 14.0. The van der Waals surface area contributed by atoms with Gasteiger partial charge in [-0.2, -0.15) is 13.2 Å². The average molecular weight is 625 g/mol. The molecule has 1 saturated heterocycles. The summed E-state index contributed by atoms with van der Waals surface area (Å²) >= 11 is 6.40. The predicted molar refractivity (Wildman–Crippen MR) is 152 cm³/mol. The highest BCUT2D eigenvalue weighted by atomic mass is 35.5. The summed E-state index contributed by atoms with van der Waals surface area (Å²) in [6.45, 7) is 5.25. The van der Waals surface area contributed by atoms with Crippen LogP contribution in [0.1, 0.15) is 59.3 Å². The number of pyridine rings is 1. The summed E-state index contributed by atoms with van der Waals surface area (Å²) in [7, 11) is 1.27. The number of rotatable bonds is 11. The lowest BCUT2D eigenvalue weighted by Crippen LogP contribution is -2.48. The number of alkyl halides is 3. The van der Waals surface area contributed by atoms with Crippen molar-refractivity contribution in [1.29, 1.82) is 0 Å². The fraction of sp³-hybridized carbons (Fsp3) is 0.613. The van der Waals surface area contributed by atoms with Gasteiger partial charge in [0.15, 0.2) is 5.78 Å². The normalized spacial score (nSPS) is 26.6. The van der Waals surface area contributed by atoms with Gasteiger partial charge < -0.3 is 19.1 Å². The molecule has 1 amide bonds. The zero-order chi connectivity index (χ0) is 31.3. The number of aromatic nitrogens is 1. The van der Waals surface area contributed by atoms with E-state index >= 15 is 0 Å². The Bertz CT molecular complexity index is 1430. The molecule has 5 rings (SSSR count). The molecule has 2 aliphatic carbocycles. The molecule has 0 bridgehead atoms. The van der Waals surface area contributed by atoms with Gasteiger partial charge in [-0.3, -0.25) is 14.4 Å². The second kappa shape index (κ2) is 11.4. The Morgan fingerprint density at radius 3 is 2.51 bits per heavy atom. The lowest BCUT2D eigenvalue weighted by Gasteiger charge is -2.32. The minimum Gasteiger partial charge on any atom is -0.488 e. The molecular formula is C31H36ClF3N2O6. The minimum atomic E-state index is -4.54. The molecule has 1 aromatic carbocycles. The minimum absolute atomic E-state index is 0.0368. The Hall–Kier alpha value is -3.08. The first-order valence-corrected chi connectivity index (χ1v) is 15.1. The SMILES string of the molecule is CCOc1cc(O[C@@H]2C[C@@H](C(=O)C[C@]3(C(=O)OC)C[C@H]3CC)N(C(=O)C(C)C3(C(F)(F)F)CC3)C2)c2cccc(Cl)c2n1. The van der Waals surface area contributed by atoms with Gasteiger partial charge in [0.25, 0.3) is 0 Å². The second-order valence-electron chi connectivity index (χ2n) is 12.0. The van der Waals surface area contributed by atoms with Crippen LogP contribution in [-0.2, 0) is 19.1 Å². The highest BCUT2D eigenvalue weighted by Gasteiger charge is 2.68. The molecule has 8 nitrogen and oxygen atoms in total. The molecular weight excluding hydrogens is 589 g/mol. The van der Waals surface area contributed by atoms with Crippen molar-refractivity contribution in [1.82, 2.24) is 9.88 Å². The molecule has 5 atom stereocenters. The molecule has 1 unspecified atom stereocenters. The van der Waals surface area contributed by atoms with E-state index in [1.54, 1.807) is 31.2 Å². The topological polar surface area (TPSA) is 95.0 Å². The summed E-state index contributed by atoms with van der Waals surface area (Å²) in [6.07, 6.45) is -4.47. The number of hydrogen-bond acceptors (Lipinski definition) is 7. The van der Waals surface area contributed by atoms with Crippen molar-refractivity contribution in [3.63, 3.8) is 0 Å². The van der Waals surface area contributed by atoms with E-state index in [4.69, 9.17) is 25.8 Å². The standard InChI is InChI=1S/C31H36ClF3N2O6/c1-5-18-14-29(18,28(40)41-4)15-23(38)22-12-19(16-37(22)27(39)17(3)30(10-11-30)31(33,34)35)43-24-13-25(42-6-2)36-26-20(24)8-7-9-21(26)32/h7-9,13,17-19,22H,5-6,10-12,14-16H2,1-4H3/t17?,18-,19-,22+,29-/m1/s1. The van der Waals surface area contributed by atoms with Crippen molar-refractivity contribution < 1.29 is 41.8 Å². The number of amides is 1. The summed E-state index contributed by atoms with van der Waals surface area (Å²) in [5.74, 6) is -2.39. The third kappa shape index (κ3) is 5.53. The molecule has 2 saturated carbocycles. The Kier molecular flexibility index (Phi) is 8.35. The van der Waals surface area contributed by atoms with Gasteiger partial charge >= 0.3 is 12.1 Å². The molecule has 0 radical (unpaired) electrons. The van der Waals surface area contributed by atoms with Crippen molar-refractivity contribution in [3.05, 3.63) is 29.3 Å². The Morgan fingerprint density at radius 1 is 1.21 bits per heavy atom. The van der Waals surface area contributed by atoms with E-state index in [1.165, 1.54) is 18.9 Å². The van der Waals surface area contributed by atoms with Gasteiger partial charge in [-0.05, 0) is 44.2 Å². The Balaban J connectivity index is 1.46. The van der Waals surface area contributed by atoms with E-state index in [9.17, 15) is 27.6 Å². The number of hydrogen-bond donors (Lipinski definition) is 0. The van der Waals surface area contributed by atoms with Gasteiger partial charge in [0, 0.05) is 30.2 Å².